The number of nitrogens with zero attached hydrogens (tertiary/aromatic N) is 5. The predicted molar refractivity (Wildman–Crippen MR) is 149 cm³/mol. The number of Topliss-reactive ketones (excluding diaryl/α,β-unsaturated/α-hetero) is 1. The van der Waals surface area contributed by atoms with Gasteiger partial charge >= 0.3 is 0 Å². The van der Waals surface area contributed by atoms with Crippen molar-refractivity contribution in [1.29, 1.82) is 0 Å². The van der Waals surface area contributed by atoms with Crippen LogP contribution in [0.5, 0.6) is 5.75 Å². The number of carbonyl (C=O) groups is 2. The van der Waals surface area contributed by atoms with E-state index in [1.165, 1.54) is 19.1 Å². The van der Waals surface area contributed by atoms with E-state index in [2.05, 4.69) is 14.8 Å². The van der Waals surface area contributed by atoms with E-state index >= 15 is 0 Å². The number of rotatable bonds is 14. The molecule has 1 heterocycles. The lowest BCUT2D eigenvalue weighted by Crippen LogP contribution is -2.34. The van der Waals surface area contributed by atoms with E-state index in [-0.39, 0.29) is 36.0 Å². The van der Waals surface area contributed by atoms with Crippen LogP contribution < -0.4 is 9.64 Å². The molecule has 0 unspecified atom stereocenters. The maximum atomic E-state index is 13.2. The summed E-state index contributed by atoms with van der Waals surface area (Å²) in [5.41, 5.74) is 1.83. The molecule has 0 bridgehead atoms. The minimum atomic E-state index is -3.89. The average Bonchev–Trinajstić information content (AvgIpc) is 2.85. The third kappa shape index (κ3) is 8.50. The van der Waals surface area contributed by atoms with Crippen molar-refractivity contribution < 1.29 is 22.7 Å². The third-order valence-electron chi connectivity index (χ3n) is 6.25. The number of benzene rings is 1. The van der Waals surface area contributed by atoms with E-state index in [9.17, 15) is 18.0 Å². The predicted octanol–water partition coefficient (Wildman–Crippen LogP) is 2.33. The summed E-state index contributed by atoms with van der Waals surface area (Å²) in [4.78, 5) is 35.8. The van der Waals surface area contributed by atoms with Crippen LogP contribution in [0.4, 0.5) is 5.82 Å². The lowest BCUT2D eigenvalue weighted by molar-refractivity contribution is -0.132. The Balaban J connectivity index is 1.94. The Hall–Kier alpha value is -3.02. The number of aromatic nitrogens is 1. The molecule has 1 amide bonds. The number of carbonyl (C=O) groups excluding carboxylic acids is 2. The molecule has 0 aliphatic carbocycles. The average molecular weight is 548 g/mol. The van der Waals surface area contributed by atoms with E-state index in [1.807, 2.05) is 39.3 Å². The smallest absolute Gasteiger partial charge is 0.243 e. The fourth-order valence-corrected chi connectivity index (χ4v) is 5.56. The van der Waals surface area contributed by atoms with Crippen LogP contribution in [0.2, 0.25) is 0 Å². The van der Waals surface area contributed by atoms with Gasteiger partial charge < -0.3 is 19.4 Å². The topological polar surface area (TPSA) is 103 Å². The standard InChI is InChI=1S/C27H41N5O5S/c1-20-16-24(37-8)17-21(2)27(20)38(35,36)32(7)19-23(33)12-13-26(34)31(6)18-22-10-9-11-25(28-22)30(5)15-14-29(3)4/h9-11,16-17H,12-15,18-19H2,1-8H3. The third-order valence-corrected chi connectivity index (χ3v) is 8.35. The first-order valence-electron chi connectivity index (χ1n) is 12.4. The van der Waals surface area contributed by atoms with Gasteiger partial charge in [0.2, 0.25) is 15.9 Å². The summed E-state index contributed by atoms with van der Waals surface area (Å²) >= 11 is 0. The van der Waals surface area contributed by atoms with Crippen molar-refractivity contribution >= 4 is 27.5 Å². The monoisotopic (exact) mass is 547 g/mol. The van der Waals surface area contributed by atoms with Gasteiger partial charge in [-0.25, -0.2) is 13.4 Å². The van der Waals surface area contributed by atoms with Gasteiger partial charge in [-0.15, -0.1) is 0 Å². The molecule has 0 atom stereocenters. The zero-order valence-electron chi connectivity index (χ0n) is 23.8. The Morgan fingerprint density at radius 2 is 1.58 bits per heavy atom. The van der Waals surface area contributed by atoms with Crippen molar-refractivity contribution in [1.82, 2.24) is 19.1 Å². The molecule has 2 rings (SSSR count). The minimum absolute atomic E-state index is 0.00770. The number of pyridine rings is 1. The molecule has 38 heavy (non-hydrogen) atoms. The molecule has 0 aliphatic heterocycles. The summed E-state index contributed by atoms with van der Waals surface area (Å²) in [6.07, 6.45) is -0.0589. The molecule has 1 aromatic carbocycles. The van der Waals surface area contributed by atoms with Gasteiger partial charge in [0.1, 0.15) is 17.4 Å². The van der Waals surface area contributed by atoms with Crippen molar-refractivity contribution in [3.63, 3.8) is 0 Å². The van der Waals surface area contributed by atoms with Crippen LogP contribution >= 0.6 is 0 Å². The highest BCUT2D eigenvalue weighted by Gasteiger charge is 2.27. The van der Waals surface area contributed by atoms with Crippen LogP contribution in [0.15, 0.2) is 35.2 Å². The second-order valence-electron chi connectivity index (χ2n) is 9.85. The maximum Gasteiger partial charge on any atom is 0.243 e. The Morgan fingerprint density at radius 1 is 0.947 bits per heavy atom. The maximum absolute atomic E-state index is 13.2. The van der Waals surface area contributed by atoms with Gasteiger partial charge in [-0.3, -0.25) is 9.59 Å². The molecule has 0 saturated heterocycles. The molecule has 0 spiro atoms. The molecule has 0 N–H and O–H groups in total. The Kier molecular flexibility index (Phi) is 11.2. The van der Waals surface area contributed by atoms with Crippen LogP contribution in [0, 0.1) is 13.8 Å². The molecule has 0 aliphatic rings. The van der Waals surface area contributed by atoms with Gasteiger partial charge in [0.05, 0.1) is 30.8 Å². The number of likely N-dealkylation sites (N-methyl/N-ethyl adjacent to an activating group) is 3. The SMILES string of the molecule is COc1cc(C)c(S(=O)(=O)N(C)CC(=O)CCC(=O)N(C)Cc2cccc(N(C)CCN(C)C)n2)c(C)c1. The first-order chi connectivity index (χ1) is 17.8. The number of ketones is 1. The van der Waals surface area contributed by atoms with Gasteiger partial charge in [0.15, 0.2) is 0 Å². The Bertz CT molecular complexity index is 1210. The molecule has 210 valence electrons. The largest absolute Gasteiger partial charge is 0.497 e. The lowest BCUT2D eigenvalue weighted by atomic mass is 10.1. The number of anilines is 1. The first-order valence-corrected chi connectivity index (χ1v) is 13.9. The Labute approximate surface area is 227 Å². The van der Waals surface area contributed by atoms with E-state index in [0.717, 1.165) is 28.9 Å². The van der Waals surface area contributed by atoms with Crippen molar-refractivity contribution in [3.05, 3.63) is 47.2 Å². The summed E-state index contributed by atoms with van der Waals surface area (Å²) < 4.78 is 32.5. The van der Waals surface area contributed by atoms with E-state index in [0.29, 0.717) is 23.4 Å². The molecule has 2 aromatic rings. The molecule has 0 radical (unpaired) electrons. The highest BCUT2D eigenvalue weighted by atomic mass is 32.2. The molecular weight excluding hydrogens is 506 g/mol. The van der Waals surface area contributed by atoms with Crippen LogP contribution in [-0.4, -0.2) is 101 Å². The van der Waals surface area contributed by atoms with Crippen molar-refractivity contribution in [2.75, 3.05) is 66.9 Å². The molecular formula is C27H41N5O5S. The summed E-state index contributed by atoms with van der Waals surface area (Å²) in [5, 5.41) is 0. The fraction of sp³-hybridized carbons (Fsp3) is 0.519. The van der Waals surface area contributed by atoms with E-state index in [4.69, 9.17) is 4.74 Å². The second-order valence-corrected chi connectivity index (χ2v) is 11.8. The van der Waals surface area contributed by atoms with Crippen molar-refractivity contribution in [3.8, 4) is 5.75 Å². The zero-order chi connectivity index (χ0) is 28.6. The summed E-state index contributed by atoms with van der Waals surface area (Å²) in [5.74, 6) is 0.855. The highest BCUT2D eigenvalue weighted by Crippen LogP contribution is 2.27. The number of ether oxygens (including phenoxy) is 1. The Morgan fingerprint density at radius 3 is 2.16 bits per heavy atom. The van der Waals surface area contributed by atoms with Crippen LogP contribution in [0.25, 0.3) is 0 Å². The zero-order valence-corrected chi connectivity index (χ0v) is 24.6. The van der Waals surface area contributed by atoms with Gasteiger partial charge in [-0.1, -0.05) is 6.07 Å². The van der Waals surface area contributed by atoms with Gasteiger partial charge in [-0.2, -0.15) is 4.31 Å². The summed E-state index contributed by atoms with van der Waals surface area (Å²) in [6.45, 7) is 5.10. The lowest BCUT2D eigenvalue weighted by Gasteiger charge is -2.22. The van der Waals surface area contributed by atoms with Crippen LogP contribution in [0.1, 0.15) is 29.7 Å². The molecule has 0 fully saturated rings. The molecule has 0 saturated carbocycles. The highest BCUT2D eigenvalue weighted by molar-refractivity contribution is 7.89. The van der Waals surface area contributed by atoms with Gasteiger partial charge in [0, 0.05) is 47.1 Å². The molecule has 10 nitrogen and oxygen atoms in total. The number of hydrogen-bond acceptors (Lipinski definition) is 8. The van der Waals surface area contributed by atoms with E-state index in [1.54, 1.807) is 33.0 Å². The van der Waals surface area contributed by atoms with Crippen LogP contribution in [0.3, 0.4) is 0 Å². The molecule has 1 aromatic heterocycles. The number of aryl methyl sites for hydroxylation is 2. The van der Waals surface area contributed by atoms with Gasteiger partial charge in [0.25, 0.3) is 0 Å². The first kappa shape index (κ1) is 31.2. The fourth-order valence-electron chi connectivity index (χ4n) is 4.00. The summed E-state index contributed by atoms with van der Waals surface area (Å²) in [6, 6.07) is 9.00. The van der Waals surface area contributed by atoms with E-state index < -0.39 is 10.0 Å². The number of hydrogen-bond donors (Lipinski definition) is 0. The van der Waals surface area contributed by atoms with Gasteiger partial charge in [-0.05, 0) is 63.3 Å². The summed E-state index contributed by atoms with van der Waals surface area (Å²) in [7, 11) is 6.68. The number of amides is 1. The molecule has 11 heteroatoms. The van der Waals surface area contributed by atoms with Crippen molar-refractivity contribution in [2.45, 2.75) is 38.1 Å². The minimum Gasteiger partial charge on any atom is -0.497 e. The second kappa shape index (κ2) is 13.7. The quantitative estimate of drug-likeness (QED) is 0.355. The van der Waals surface area contributed by atoms with Crippen molar-refractivity contribution in [2.24, 2.45) is 0 Å². The van der Waals surface area contributed by atoms with Crippen LogP contribution in [-0.2, 0) is 26.2 Å². The number of methoxy groups -OCH3 is 1. The normalized spacial score (nSPS) is 11.6. The number of sulfonamides is 1.